The van der Waals surface area contributed by atoms with Gasteiger partial charge in [-0.25, -0.2) is 12.8 Å². The number of hydrogen-bond donors (Lipinski definition) is 0. The molecule has 3 rings (SSSR count). The number of halogens is 1. The molecule has 1 aliphatic rings. The predicted octanol–water partition coefficient (Wildman–Crippen LogP) is 0.691. The Morgan fingerprint density at radius 2 is 1.70 bits per heavy atom. The van der Waals surface area contributed by atoms with E-state index in [0.717, 1.165) is 22.0 Å². The van der Waals surface area contributed by atoms with Crippen LogP contribution in [-0.4, -0.2) is 24.7 Å². The molecule has 0 saturated carbocycles. The van der Waals surface area contributed by atoms with E-state index in [1.165, 1.54) is 12.1 Å². The largest absolute Gasteiger partial charge is 0.548 e. The number of sulfonamides is 1. The molecule has 0 amide bonds. The normalized spacial score (nSPS) is 18.4. The molecule has 0 N–H and O–H groups in total. The summed E-state index contributed by atoms with van der Waals surface area (Å²) in [6.07, 6.45) is -0.00775. The Morgan fingerprint density at radius 1 is 1.09 bits per heavy atom. The number of carbonyl (C=O) groups excluding carboxylic acids is 1. The molecule has 0 aromatic heterocycles. The average molecular weight is 334 g/mol. The summed E-state index contributed by atoms with van der Waals surface area (Å²) in [5.41, 5.74) is 1.45. The second kappa shape index (κ2) is 5.75. The van der Waals surface area contributed by atoms with Crippen molar-refractivity contribution >= 4 is 16.0 Å². The van der Waals surface area contributed by atoms with Gasteiger partial charge in [-0.1, -0.05) is 36.4 Å². The highest BCUT2D eigenvalue weighted by atomic mass is 32.2. The molecule has 7 heteroatoms. The summed E-state index contributed by atoms with van der Waals surface area (Å²) in [6.45, 7) is -0.133. The summed E-state index contributed by atoms with van der Waals surface area (Å²) in [5, 5.41) is 11.4. The number of aliphatic carboxylic acids is 1. The molecule has 1 heterocycles. The summed E-state index contributed by atoms with van der Waals surface area (Å²) < 4.78 is 40.1. The third-order valence-electron chi connectivity index (χ3n) is 3.90. The van der Waals surface area contributed by atoms with Gasteiger partial charge in [0.05, 0.1) is 12.0 Å². The van der Waals surface area contributed by atoms with E-state index in [1.54, 1.807) is 24.3 Å². The summed E-state index contributed by atoms with van der Waals surface area (Å²) in [4.78, 5) is 10.9. The van der Waals surface area contributed by atoms with E-state index < -0.39 is 32.7 Å². The first kappa shape index (κ1) is 15.6. The first-order chi connectivity index (χ1) is 10.9. The summed E-state index contributed by atoms with van der Waals surface area (Å²) in [6, 6.07) is 10.5. The highest BCUT2D eigenvalue weighted by Crippen LogP contribution is 2.29. The first-order valence-electron chi connectivity index (χ1n) is 6.95. The van der Waals surface area contributed by atoms with Gasteiger partial charge in [0.1, 0.15) is 10.7 Å². The van der Waals surface area contributed by atoms with Crippen LogP contribution in [0.3, 0.4) is 0 Å². The zero-order valence-electron chi connectivity index (χ0n) is 12.0. The molecule has 0 fully saturated rings. The maximum Gasteiger partial charge on any atom is 0.246 e. The molecule has 1 aliphatic heterocycles. The van der Waals surface area contributed by atoms with Crippen molar-refractivity contribution in [2.45, 2.75) is 23.9 Å². The predicted molar refractivity (Wildman–Crippen MR) is 78.1 cm³/mol. The molecule has 0 bridgehead atoms. The maximum absolute atomic E-state index is 13.9. The Bertz CT molecular complexity index is 866. The molecule has 0 aliphatic carbocycles. The van der Waals surface area contributed by atoms with Gasteiger partial charge >= 0.3 is 0 Å². The number of carboxylic acid groups (broad SMARTS) is 1. The highest BCUT2D eigenvalue weighted by molar-refractivity contribution is 7.89. The lowest BCUT2D eigenvalue weighted by Gasteiger charge is -2.36. The smallest absolute Gasteiger partial charge is 0.246 e. The zero-order chi connectivity index (χ0) is 16.6. The van der Waals surface area contributed by atoms with Crippen molar-refractivity contribution in [3.63, 3.8) is 0 Å². The molecule has 0 spiro atoms. The van der Waals surface area contributed by atoms with Crippen molar-refractivity contribution in [3.8, 4) is 0 Å². The number of benzene rings is 2. The minimum absolute atomic E-state index is 0.00775. The SMILES string of the molecule is O=C([O-])[C@H]1Cc2ccccc2CN1S(=O)(=O)c1ccccc1F. The van der Waals surface area contributed by atoms with Crippen LogP contribution in [0, 0.1) is 5.82 Å². The molecule has 0 saturated heterocycles. The molecule has 2 aromatic carbocycles. The second-order valence-corrected chi connectivity index (χ2v) is 7.15. The van der Waals surface area contributed by atoms with E-state index >= 15 is 0 Å². The van der Waals surface area contributed by atoms with Crippen LogP contribution in [0.1, 0.15) is 11.1 Å². The number of carboxylic acids is 1. The molecule has 23 heavy (non-hydrogen) atoms. The number of hydrogen-bond acceptors (Lipinski definition) is 4. The van der Waals surface area contributed by atoms with Crippen molar-refractivity contribution in [2.75, 3.05) is 0 Å². The van der Waals surface area contributed by atoms with Crippen LogP contribution >= 0.6 is 0 Å². The Hall–Kier alpha value is -2.25. The van der Waals surface area contributed by atoms with E-state index in [4.69, 9.17) is 0 Å². The number of nitrogens with zero attached hydrogens (tertiary/aromatic N) is 1. The molecule has 2 aromatic rings. The Morgan fingerprint density at radius 3 is 2.35 bits per heavy atom. The molecular weight excluding hydrogens is 321 g/mol. The van der Waals surface area contributed by atoms with Gasteiger partial charge in [0, 0.05) is 6.54 Å². The van der Waals surface area contributed by atoms with Gasteiger partial charge in [-0.2, -0.15) is 4.31 Å². The number of carbonyl (C=O) groups is 1. The molecule has 120 valence electrons. The molecule has 0 unspecified atom stereocenters. The number of fused-ring (bicyclic) bond motifs is 1. The summed E-state index contributed by atoms with van der Waals surface area (Å²) in [5.74, 6) is -2.41. The van der Waals surface area contributed by atoms with Gasteiger partial charge in [-0.15, -0.1) is 0 Å². The average Bonchev–Trinajstić information content (AvgIpc) is 2.53. The minimum Gasteiger partial charge on any atom is -0.548 e. The zero-order valence-corrected chi connectivity index (χ0v) is 12.8. The van der Waals surface area contributed by atoms with E-state index in [1.807, 2.05) is 0 Å². The van der Waals surface area contributed by atoms with Crippen LogP contribution < -0.4 is 5.11 Å². The van der Waals surface area contributed by atoms with Crippen molar-refractivity contribution in [2.24, 2.45) is 0 Å². The van der Waals surface area contributed by atoms with E-state index in [-0.39, 0.29) is 13.0 Å². The fraction of sp³-hybridized carbons (Fsp3) is 0.188. The van der Waals surface area contributed by atoms with Gasteiger partial charge < -0.3 is 9.90 Å². The lowest BCUT2D eigenvalue weighted by Crippen LogP contribution is -2.53. The lowest BCUT2D eigenvalue weighted by molar-refractivity contribution is -0.310. The van der Waals surface area contributed by atoms with Gasteiger partial charge in [0.25, 0.3) is 0 Å². The van der Waals surface area contributed by atoms with Gasteiger partial charge in [-0.3, -0.25) is 0 Å². The quantitative estimate of drug-likeness (QED) is 0.827. The second-order valence-electron chi connectivity index (χ2n) is 5.29. The van der Waals surface area contributed by atoms with Crippen molar-refractivity contribution in [1.82, 2.24) is 4.31 Å². The molecular formula is C16H13FNO4S-. The third kappa shape index (κ3) is 2.73. The standard InChI is InChI=1S/C16H14FNO4S/c17-13-7-3-4-8-15(13)23(21,22)18-10-12-6-2-1-5-11(12)9-14(18)16(19)20/h1-8,14H,9-10H2,(H,19,20)/p-1/t14-/m1/s1. The van der Waals surface area contributed by atoms with Crippen LogP contribution in [-0.2, 0) is 27.8 Å². The third-order valence-corrected chi connectivity index (χ3v) is 5.79. The van der Waals surface area contributed by atoms with Crippen molar-refractivity contribution in [3.05, 3.63) is 65.5 Å². The van der Waals surface area contributed by atoms with Crippen LogP contribution in [0.25, 0.3) is 0 Å². The molecule has 1 atom stereocenters. The Kier molecular flexibility index (Phi) is 3.91. The lowest BCUT2D eigenvalue weighted by atomic mass is 9.96. The first-order valence-corrected chi connectivity index (χ1v) is 8.39. The van der Waals surface area contributed by atoms with Gasteiger partial charge in [-0.05, 0) is 29.7 Å². The van der Waals surface area contributed by atoms with Gasteiger partial charge in [0.15, 0.2) is 0 Å². The van der Waals surface area contributed by atoms with Crippen molar-refractivity contribution in [1.29, 1.82) is 0 Å². The topological polar surface area (TPSA) is 77.5 Å². The van der Waals surface area contributed by atoms with E-state index in [2.05, 4.69) is 0 Å². The fourth-order valence-electron chi connectivity index (χ4n) is 2.73. The Labute approximate surface area is 133 Å². The minimum atomic E-state index is -4.29. The van der Waals surface area contributed by atoms with Gasteiger partial charge in [0.2, 0.25) is 10.0 Å². The monoisotopic (exact) mass is 334 g/mol. The van der Waals surface area contributed by atoms with E-state index in [0.29, 0.717) is 5.56 Å². The van der Waals surface area contributed by atoms with Crippen LogP contribution in [0.4, 0.5) is 4.39 Å². The summed E-state index contributed by atoms with van der Waals surface area (Å²) >= 11 is 0. The molecule has 0 radical (unpaired) electrons. The van der Waals surface area contributed by atoms with Crippen LogP contribution in [0.15, 0.2) is 53.4 Å². The van der Waals surface area contributed by atoms with E-state index in [9.17, 15) is 22.7 Å². The Balaban J connectivity index is 2.10. The number of rotatable bonds is 3. The maximum atomic E-state index is 13.9. The van der Waals surface area contributed by atoms with Crippen LogP contribution in [0.5, 0.6) is 0 Å². The van der Waals surface area contributed by atoms with Crippen LogP contribution in [0.2, 0.25) is 0 Å². The fourth-order valence-corrected chi connectivity index (χ4v) is 4.36. The highest BCUT2D eigenvalue weighted by Gasteiger charge is 2.37. The molecule has 5 nitrogen and oxygen atoms in total. The summed E-state index contributed by atoms with van der Waals surface area (Å²) in [7, 11) is -4.29. The van der Waals surface area contributed by atoms with Crippen molar-refractivity contribution < 1.29 is 22.7 Å².